The summed E-state index contributed by atoms with van der Waals surface area (Å²) in [6.07, 6.45) is 3.69. The van der Waals surface area contributed by atoms with Gasteiger partial charge in [0.05, 0.1) is 17.2 Å². The molecule has 130 valence electrons. The van der Waals surface area contributed by atoms with Crippen molar-refractivity contribution in [3.8, 4) is 0 Å². The van der Waals surface area contributed by atoms with Crippen LogP contribution in [0.2, 0.25) is 5.02 Å². The molecule has 2 rings (SSSR count). The number of guanidine groups is 1. The number of rotatable bonds is 5. The zero-order chi connectivity index (χ0) is 16.9. The van der Waals surface area contributed by atoms with Crippen LogP contribution in [0, 0.1) is 0 Å². The van der Waals surface area contributed by atoms with Crippen LogP contribution in [-0.2, 0) is 23.1 Å². The zero-order valence-corrected chi connectivity index (χ0v) is 15.2. The SMILES string of the molecule is CN=C(NCC1(OC)CCOCC1)N(C)Cc1cc(Cl)cn1C. The molecule has 1 fully saturated rings. The van der Waals surface area contributed by atoms with Crippen molar-refractivity contribution in [2.24, 2.45) is 12.0 Å². The number of aryl methyl sites for hydroxylation is 1. The Morgan fingerprint density at radius 3 is 2.74 bits per heavy atom. The van der Waals surface area contributed by atoms with E-state index >= 15 is 0 Å². The van der Waals surface area contributed by atoms with E-state index in [0.29, 0.717) is 0 Å². The Kier molecular flexibility index (Phi) is 6.33. The van der Waals surface area contributed by atoms with Gasteiger partial charge < -0.3 is 24.3 Å². The minimum absolute atomic E-state index is 0.177. The van der Waals surface area contributed by atoms with E-state index in [0.717, 1.165) is 55.8 Å². The summed E-state index contributed by atoms with van der Waals surface area (Å²) < 4.78 is 13.2. The first-order valence-electron chi connectivity index (χ1n) is 7.85. The van der Waals surface area contributed by atoms with Crippen LogP contribution in [0.4, 0.5) is 0 Å². The van der Waals surface area contributed by atoms with Crippen molar-refractivity contribution in [3.63, 3.8) is 0 Å². The summed E-state index contributed by atoms with van der Waals surface area (Å²) in [6.45, 7) is 2.93. The van der Waals surface area contributed by atoms with E-state index in [1.807, 2.05) is 30.9 Å². The fraction of sp³-hybridized carbons (Fsp3) is 0.688. The average Bonchev–Trinajstić information content (AvgIpc) is 2.86. The lowest BCUT2D eigenvalue weighted by Gasteiger charge is -2.37. The van der Waals surface area contributed by atoms with Crippen molar-refractivity contribution < 1.29 is 9.47 Å². The molecule has 0 aromatic carbocycles. The lowest BCUT2D eigenvalue weighted by molar-refractivity contribution is -0.0857. The van der Waals surface area contributed by atoms with Gasteiger partial charge in [-0.1, -0.05) is 11.6 Å². The van der Waals surface area contributed by atoms with E-state index in [1.165, 1.54) is 0 Å². The Morgan fingerprint density at radius 1 is 1.52 bits per heavy atom. The second kappa shape index (κ2) is 8.04. The summed E-state index contributed by atoms with van der Waals surface area (Å²) in [7, 11) is 7.57. The van der Waals surface area contributed by atoms with Crippen molar-refractivity contribution >= 4 is 17.6 Å². The summed E-state index contributed by atoms with van der Waals surface area (Å²) in [5.74, 6) is 0.838. The maximum absolute atomic E-state index is 6.05. The van der Waals surface area contributed by atoms with Crippen molar-refractivity contribution in [1.29, 1.82) is 0 Å². The highest BCUT2D eigenvalue weighted by Crippen LogP contribution is 2.23. The normalized spacial score (nSPS) is 18.0. The number of ether oxygens (including phenoxy) is 2. The number of methoxy groups -OCH3 is 1. The molecule has 0 aliphatic carbocycles. The molecule has 6 nitrogen and oxygen atoms in total. The van der Waals surface area contributed by atoms with Gasteiger partial charge in [-0.3, -0.25) is 4.99 Å². The number of aliphatic imine (C=N–C) groups is 1. The van der Waals surface area contributed by atoms with Gasteiger partial charge in [0.15, 0.2) is 5.96 Å². The molecule has 1 aromatic heterocycles. The van der Waals surface area contributed by atoms with E-state index in [9.17, 15) is 0 Å². The molecule has 23 heavy (non-hydrogen) atoms. The van der Waals surface area contributed by atoms with Crippen LogP contribution in [-0.4, -0.2) is 62.0 Å². The van der Waals surface area contributed by atoms with Crippen LogP contribution < -0.4 is 5.32 Å². The van der Waals surface area contributed by atoms with E-state index in [4.69, 9.17) is 21.1 Å². The lowest BCUT2D eigenvalue weighted by atomic mass is 9.94. The molecule has 1 aliphatic heterocycles. The highest BCUT2D eigenvalue weighted by Gasteiger charge is 2.32. The second-order valence-electron chi connectivity index (χ2n) is 6.02. The van der Waals surface area contributed by atoms with Crippen molar-refractivity contribution in [3.05, 3.63) is 23.0 Å². The average molecular weight is 343 g/mol. The van der Waals surface area contributed by atoms with E-state index < -0.39 is 0 Å². The monoisotopic (exact) mass is 342 g/mol. The molecule has 0 radical (unpaired) electrons. The first kappa shape index (κ1) is 18.1. The Morgan fingerprint density at radius 2 is 2.22 bits per heavy atom. The van der Waals surface area contributed by atoms with Crippen LogP contribution in [0.1, 0.15) is 18.5 Å². The van der Waals surface area contributed by atoms with Crippen LogP contribution in [0.3, 0.4) is 0 Å². The number of nitrogens with one attached hydrogen (secondary N) is 1. The fourth-order valence-electron chi connectivity index (χ4n) is 2.86. The van der Waals surface area contributed by atoms with Crippen LogP contribution in [0.5, 0.6) is 0 Å². The Labute approximate surface area is 143 Å². The largest absolute Gasteiger partial charge is 0.381 e. The molecule has 7 heteroatoms. The van der Waals surface area contributed by atoms with Gasteiger partial charge in [-0.15, -0.1) is 0 Å². The molecule has 0 unspecified atom stereocenters. The summed E-state index contributed by atoms with van der Waals surface area (Å²) >= 11 is 6.05. The maximum atomic E-state index is 6.05. The van der Waals surface area contributed by atoms with Crippen LogP contribution in [0.25, 0.3) is 0 Å². The van der Waals surface area contributed by atoms with Crippen molar-refractivity contribution in [2.75, 3.05) is 41.0 Å². The summed E-state index contributed by atoms with van der Waals surface area (Å²) in [4.78, 5) is 6.45. The summed E-state index contributed by atoms with van der Waals surface area (Å²) in [5.41, 5.74) is 0.955. The molecule has 2 heterocycles. The summed E-state index contributed by atoms with van der Waals surface area (Å²) in [5, 5.41) is 4.18. The number of nitrogens with zero attached hydrogens (tertiary/aromatic N) is 3. The number of hydrogen-bond donors (Lipinski definition) is 1. The molecule has 0 amide bonds. The third-order valence-corrected chi connectivity index (χ3v) is 4.66. The standard InChI is InChI=1S/C16H27ClN4O2/c1-18-15(19-12-16(22-4)5-7-23-8-6-16)21(3)11-14-9-13(17)10-20(14)2/h9-10H,5-8,11-12H2,1-4H3,(H,18,19). The van der Waals surface area contributed by atoms with Gasteiger partial charge in [0, 0.05) is 72.7 Å². The molecular formula is C16H27ClN4O2. The third-order valence-electron chi connectivity index (χ3n) is 4.45. The molecular weight excluding hydrogens is 316 g/mol. The molecule has 0 atom stereocenters. The van der Waals surface area contributed by atoms with Gasteiger partial charge in [-0.2, -0.15) is 0 Å². The molecule has 0 bridgehead atoms. The molecule has 1 saturated heterocycles. The third kappa shape index (κ3) is 4.62. The Balaban J connectivity index is 1.95. The van der Waals surface area contributed by atoms with E-state index in [2.05, 4.69) is 15.2 Å². The molecule has 1 aliphatic rings. The van der Waals surface area contributed by atoms with Gasteiger partial charge in [0.25, 0.3) is 0 Å². The number of halogens is 1. The molecule has 0 saturated carbocycles. The quantitative estimate of drug-likeness (QED) is 0.655. The van der Waals surface area contributed by atoms with Gasteiger partial charge >= 0.3 is 0 Å². The fourth-order valence-corrected chi connectivity index (χ4v) is 3.13. The molecule has 1 N–H and O–H groups in total. The van der Waals surface area contributed by atoms with Gasteiger partial charge in [-0.05, 0) is 6.07 Å². The van der Waals surface area contributed by atoms with Crippen LogP contribution >= 0.6 is 11.6 Å². The van der Waals surface area contributed by atoms with E-state index in [-0.39, 0.29) is 5.60 Å². The van der Waals surface area contributed by atoms with Crippen molar-refractivity contribution in [2.45, 2.75) is 25.0 Å². The van der Waals surface area contributed by atoms with Crippen molar-refractivity contribution in [1.82, 2.24) is 14.8 Å². The maximum Gasteiger partial charge on any atom is 0.193 e. The highest BCUT2D eigenvalue weighted by atomic mass is 35.5. The van der Waals surface area contributed by atoms with Gasteiger partial charge in [0.1, 0.15) is 0 Å². The van der Waals surface area contributed by atoms with Gasteiger partial charge in [0.2, 0.25) is 0 Å². The number of aromatic nitrogens is 1. The second-order valence-corrected chi connectivity index (χ2v) is 6.45. The zero-order valence-electron chi connectivity index (χ0n) is 14.4. The minimum Gasteiger partial charge on any atom is -0.381 e. The minimum atomic E-state index is -0.177. The molecule has 0 spiro atoms. The summed E-state index contributed by atoms with van der Waals surface area (Å²) in [6, 6.07) is 1.97. The van der Waals surface area contributed by atoms with Crippen LogP contribution in [0.15, 0.2) is 17.3 Å². The highest BCUT2D eigenvalue weighted by molar-refractivity contribution is 6.30. The topological polar surface area (TPSA) is 51.0 Å². The Bertz CT molecular complexity index is 538. The smallest absolute Gasteiger partial charge is 0.193 e. The predicted molar refractivity (Wildman–Crippen MR) is 93.0 cm³/mol. The molecule has 1 aromatic rings. The first-order chi connectivity index (χ1) is 11.0. The lowest BCUT2D eigenvalue weighted by Crippen LogP contribution is -2.51. The predicted octanol–water partition coefficient (Wildman–Crippen LogP) is 1.88. The number of hydrogen-bond acceptors (Lipinski definition) is 3. The Hall–Kier alpha value is -1.24. The van der Waals surface area contributed by atoms with Gasteiger partial charge in [-0.25, -0.2) is 0 Å². The van der Waals surface area contributed by atoms with E-state index in [1.54, 1.807) is 14.2 Å². The first-order valence-corrected chi connectivity index (χ1v) is 8.23.